The van der Waals surface area contributed by atoms with Crippen molar-refractivity contribution in [2.24, 2.45) is 17.8 Å². The van der Waals surface area contributed by atoms with Crippen LogP contribution in [-0.2, 0) is 9.63 Å². The largest absolute Gasteiger partial charge is 0.416 e. The molecule has 0 spiro atoms. The Kier molecular flexibility index (Phi) is 16.0. The van der Waals surface area contributed by atoms with Gasteiger partial charge in [-0.3, -0.25) is 4.79 Å². The molecular weight excluding hydrogens is 278 g/mol. The van der Waals surface area contributed by atoms with Crippen LogP contribution < -0.4 is 5.48 Å². The molecule has 2 N–H and O–H groups in total. The summed E-state index contributed by atoms with van der Waals surface area (Å²) in [6, 6.07) is 0.208. The summed E-state index contributed by atoms with van der Waals surface area (Å²) < 4.78 is 0. The van der Waals surface area contributed by atoms with Crippen LogP contribution in [0.25, 0.3) is 0 Å². The fourth-order valence-electron chi connectivity index (χ4n) is 1.35. The molecular formula is C18H37NO3. The molecule has 1 aliphatic heterocycles. The van der Waals surface area contributed by atoms with Gasteiger partial charge in [-0.25, -0.2) is 0 Å². The van der Waals surface area contributed by atoms with E-state index in [0.717, 1.165) is 12.3 Å². The van der Waals surface area contributed by atoms with Gasteiger partial charge in [0.1, 0.15) is 12.0 Å². The third-order valence-corrected chi connectivity index (χ3v) is 4.07. The molecule has 1 aliphatic rings. The zero-order chi connectivity index (χ0) is 17.5. The van der Waals surface area contributed by atoms with Crippen molar-refractivity contribution in [2.45, 2.75) is 73.8 Å². The lowest BCUT2D eigenvalue weighted by atomic mass is 9.95. The molecule has 0 aromatic carbocycles. The van der Waals surface area contributed by atoms with Gasteiger partial charge in [0.2, 0.25) is 0 Å². The first-order chi connectivity index (χ1) is 10.3. The smallest absolute Gasteiger partial charge is 0.132 e. The second-order valence-corrected chi connectivity index (χ2v) is 6.25. The second-order valence-electron chi connectivity index (χ2n) is 6.25. The number of Topliss-reactive ketones (excluding diaryl/α,β-unsaturated/α-hetero) is 1. The van der Waals surface area contributed by atoms with E-state index in [1.165, 1.54) is 12.8 Å². The van der Waals surface area contributed by atoms with E-state index in [0.29, 0.717) is 11.7 Å². The van der Waals surface area contributed by atoms with Gasteiger partial charge in [-0.2, -0.15) is 5.48 Å². The lowest BCUT2D eigenvalue weighted by Crippen LogP contribution is -2.21. The molecule has 0 saturated carbocycles. The number of carbonyl (C=O) groups excluding carboxylic acids is 1. The highest BCUT2D eigenvalue weighted by Gasteiger charge is 2.10. The zero-order valence-corrected chi connectivity index (χ0v) is 15.6. The molecule has 0 amide bonds. The summed E-state index contributed by atoms with van der Waals surface area (Å²) in [5.41, 5.74) is 2.69. The molecule has 4 heteroatoms. The van der Waals surface area contributed by atoms with Crippen LogP contribution in [0.4, 0.5) is 0 Å². The van der Waals surface area contributed by atoms with Crippen LogP contribution in [0.15, 0.2) is 12.3 Å². The molecule has 0 bridgehead atoms. The molecule has 0 radical (unpaired) electrons. The van der Waals surface area contributed by atoms with E-state index < -0.39 is 0 Å². The quantitative estimate of drug-likeness (QED) is 0.775. The van der Waals surface area contributed by atoms with Crippen LogP contribution in [-0.4, -0.2) is 23.5 Å². The topological polar surface area (TPSA) is 58.6 Å². The summed E-state index contributed by atoms with van der Waals surface area (Å²) in [5.74, 6) is 1.95. The van der Waals surface area contributed by atoms with E-state index in [2.05, 4.69) is 44.9 Å². The van der Waals surface area contributed by atoms with E-state index in [1.807, 2.05) is 13.0 Å². The van der Waals surface area contributed by atoms with E-state index in [4.69, 9.17) is 5.11 Å². The number of nitrogens with one attached hydrogen (secondary N) is 1. The Morgan fingerprint density at radius 1 is 1.23 bits per heavy atom. The minimum atomic E-state index is 0.200. The average Bonchev–Trinajstić information content (AvgIpc) is 3.00. The van der Waals surface area contributed by atoms with Gasteiger partial charge in [0.05, 0.1) is 6.04 Å². The Labute approximate surface area is 137 Å². The standard InChI is InChI=1S/C7H14O.C6H14.C5H9NO2/c1-5(2)6(3)7(4)8;1-4-6(3)5-2;7-3-1-5-2-4-8-6-5/h5-6H,1-4H3;6H,4-5H2,1-3H3;2,4-7H,1,3H2. The van der Waals surface area contributed by atoms with Gasteiger partial charge in [0.25, 0.3) is 0 Å². The van der Waals surface area contributed by atoms with E-state index in [-0.39, 0.29) is 18.6 Å². The van der Waals surface area contributed by atoms with Crippen molar-refractivity contribution < 1.29 is 14.7 Å². The maximum absolute atomic E-state index is 10.6. The number of aliphatic hydroxyl groups is 1. The molecule has 0 saturated heterocycles. The van der Waals surface area contributed by atoms with Crippen LogP contribution in [0.1, 0.15) is 67.7 Å². The Balaban J connectivity index is 0. The highest BCUT2D eigenvalue weighted by atomic mass is 16.6. The summed E-state index contributed by atoms with van der Waals surface area (Å²) in [6.45, 7) is 14.7. The number of ketones is 1. The number of hydrogen-bond acceptors (Lipinski definition) is 4. The van der Waals surface area contributed by atoms with Gasteiger partial charge in [0, 0.05) is 12.5 Å². The van der Waals surface area contributed by atoms with E-state index in [1.54, 1.807) is 13.2 Å². The lowest BCUT2D eigenvalue weighted by molar-refractivity contribution is -0.121. The van der Waals surface area contributed by atoms with E-state index in [9.17, 15) is 4.79 Å². The maximum atomic E-state index is 10.6. The number of hydrogen-bond donors (Lipinski definition) is 2. The first-order valence-corrected chi connectivity index (χ1v) is 8.49. The molecule has 2 atom stereocenters. The first kappa shape index (κ1) is 23.4. The number of hydroxylamine groups is 1. The molecule has 22 heavy (non-hydrogen) atoms. The molecule has 4 nitrogen and oxygen atoms in total. The van der Waals surface area contributed by atoms with Gasteiger partial charge in [-0.05, 0) is 31.3 Å². The van der Waals surface area contributed by atoms with Crippen LogP contribution in [0.3, 0.4) is 0 Å². The number of aliphatic hydroxyl groups excluding tert-OH is 1. The Morgan fingerprint density at radius 3 is 1.95 bits per heavy atom. The van der Waals surface area contributed by atoms with Gasteiger partial charge < -0.3 is 9.94 Å². The van der Waals surface area contributed by atoms with E-state index >= 15 is 0 Å². The Bertz CT molecular complexity index is 286. The highest BCUT2D eigenvalue weighted by molar-refractivity contribution is 5.78. The maximum Gasteiger partial charge on any atom is 0.132 e. The van der Waals surface area contributed by atoms with Crippen LogP contribution in [0, 0.1) is 17.8 Å². The summed E-state index contributed by atoms with van der Waals surface area (Å²) >= 11 is 0. The first-order valence-electron chi connectivity index (χ1n) is 8.49. The molecule has 1 heterocycles. The van der Waals surface area contributed by atoms with Crippen molar-refractivity contribution in [3.63, 3.8) is 0 Å². The van der Waals surface area contributed by atoms with Crippen molar-refractivity contribution >= 4 is 5.78 Å². The average molecular weight is 315 g/mol. The van der Waals surface area contributed by atoms with Crippen molar-refractivity contribution in [1.29, 1.82) is 0 Å². The summed E-state index contributed by atoms with van der Waals surface area (Å²) in [4.78, 5) is 15.3. The van der Waals surface area contributed by atoms with Gasteiger partial charge in [-0.1, -0.05) is 54.4 Å². The van der Waals surface area contributed by atoms with Crippen molar-refractivity contribution in [2.75, 3.05) is 6.61 Å². The monoisotopic (exact) mass is 315 g/mol. The molecule has 0 fully saturated rings. The molecule has 0 aromatic rings. The number of rotatable bonds is 6. The van der Waals surface area contributed by atoms with Crippen LogP contribution >= 0.6 is 0 Å². The normalized spacial score (nSPS) is 17.3. The summed E-state index contributed by atoms with van der Waals surface area (Å²) in [7, 11) is 0. The lowest BCUT2D eigenvalue weighted by Gasteiger charge is -2.09. The number of carbonyl (C=O) groups is 1. The predicted octanol–water partition coefficient (Wildman–Crippen LogP) is 4.10. The Morgan fingerprint density at radius 2 is 1.77 bits per heavy atom. The van der Waals surface area contributed by atoms with Gasteiger partial charge in [-0.15, -0.1) is 0 Å². The molecule has 2 unspecified atom stereocenters. The minimum absolute atomic E-state index is 0.200. The van der Waals surface area contributed by atoms with Crippen molar-refractivity contribution in [3.05, 3.63) is 12.3 Å². The van der Waals surface area contributed by atoms with Crippen LogP contribution in [0.2, 0.25) is 0 Å². The fourth-order valence-corrected chi connectivity index (χ4v) is 1.35. The molecule has 1 rings (SSSR count). The van der Waals surface area contributed by atoms with Crippen molar-refractivity contribution in [3.8, 4) is 0 Å². The van der Waals surface area contributed by atoms with Gasteiger partial charge >= 0.3 is 0 Å². The third-order valence-electron chi connectivity index (χ3n) is 4.07. The fraction of sp³-hybridized carbons (Fsp3) is 0.833. The predicted molar refractivity (Wildman–Crippen MR) is 93.3 cm³/mol. The summed E-state index contributed by atoms with van der Waals surface area (Å²) in [6.07, 6.45) is 6.83. The second kappa shape index (κ2) is 15.0. The van der Waals surface area contributed by atoms with Gasteiger partial charge in [0.15, 0.2) is 0 Å². The molecule has 0 aromatic heterocycles. The molecule has 132 valence electrons. The Hall–Kier alpha value is -0.870. The summed E-state index contributed by atoms with van der Waals surface area (Å²) in [5, 5.41) is 8.40. The molecule has 0 aliphatic carbocycles. The zero-order valence-electron chi connectivity index (χ0n) is 15.6. The minimum Gasteiger partial charge on any atom is -0.416 e. The highest BCUT2D eigenvalue weighted by Crippen LogP contribution is 2.09. The SMILES string of the molecule is CC(=O)C(C)C(C)C.CCC(C)CC.OCCC1C=CON1. The van der Waals surface area contributed by atoms with Crippen molar-refractivity contribution in [1.82, 2.24) is 5.48 Å². The third kappa shape index (κ3) is 14.1. The van der Waals surface area contributed by atoms with Crippen LogP contribution in [0.5, 0.6) is 0 Å².